The molecule has 0 radical (unpaired) electrons. The first-order valence-corrected chi connectivity index (χ1v) is 6.19. The van der Waals surface area contributed by atoms with Crippen LogP contribution in [-0.2, 0) is 6.42 Å². The fourth-order valence-electron chi connectivity index (χ4n) is 1.75. The number of benzene rings is 2. The van der Waals surface area contributed by atoms with Crippen LogP contribution in [0.25, 0.3) is 0 Å². The number of nitrogens with one attached hydrogen (secondary N) is 2. The standard InChI is InChI=1S/C15H14F2N2O/c16-12-5-3-6-13(10-12)19-15(20)18-9-8-11-4-1-2-7-14(11)17/h1-7,10H,8-9H2,(H2,18,19,20). The van der Waals surface area contributed by atoms with Gasteiger partial charge in [-0.1, -0.05) is 24.3 Å². The molecule has 0 aliphatic carbocycles. The Labute approximate surface area is 115 Å². The Hall–Kier alpha value is -2.43. The second-order valence-electron chi connectivity index (χ2n) is 4.23. The molecule has 0 spiro atoms. The van der Waals surface area contributed by atoms with Crippen LogP contribution in [-0.4, -0.2) is 12.6 Å². The predicted octanol–water partition coefficient (Wildman–Crippen LogP) is 3.33. The molecule has 0 bridgehead atoms. The van der Waals surface area contributed by atoms with E-state index in [-0.39, 0.29) is 5.82 Å². The molecule has 0 atom stereocenters. The molecule has 5 heteroatoms. The van der Waals surface area contributed by atoms with Crippen molar-refractivity contribution < 1.29 is 13.6 Å². The molecule has 104 valence electrons. The van der Waals surface area contributed by atoms with E-state index in [1.165, 1.54) is 24.3 Å². The van der Waals surface area contributed by atoms with E-state index in [4.69, 9.17) is 0 Å². The molecule has 0 fully saturated rings. The molecule has 0 aliphatic rings. The van der Waals surface area contributed by atoms with Gasteiger partial charge in [-0.15, -0.1) is 0 Å². The van der Waals surface area contributed by atoms with E-state index in [0.717, 1.165) is 0 Å². The van der Waals surface area contributed by atoms with Crippen molar-refractivity contribution in [2.45, 2.75) is 6.42 Å². The number of carbonyl (C=O) groups is 1. The van der Waals surface area contributed by atoms with Crippen molar-refractivity contribution in [3.8, 4) is 0 Å². The van der Waals surface area contributed by atoms with E-state index in [0.29, 0.717) is 24.2 Å². The summed E-state index contributed by atoms with van der Waals surface area (Å²) >= 11 is 0. The highest BCUT2D eigenvalue weighted by Crippen LogP contribution is 2.09. The molecule has 0 unspecified atom stereocenters. The number of halogens is 2. The molecule has 0 aromatic heterocycles. The third kappa shape index (κ3) is 4.05. The SMILES string of the molecule is O=C(NCCc1ccccc1F)Nc1cccc(F)c1. The van der Waals surface area contributed by atoms with Crippen LogP contribution in [0, 0.1) is 11.6 Å². The summed E-state index contributed by atoms with van der Waals surface area (Å²) in [5.41, 5.74) is 0.909. The van der Waals surface area contributed by atoms with Crippen molar-refractivity contribution in [2.75, 3.05) is 11.9 Å². The number of anilines is 1. The first kappa shape index (κ1) is 14.0. The van der Waals surface area contributed by atoms with Gasteiger partial charge in [-0.3, -0.25) is 0 Å². The summed E-state index contributed by atoms with van der Waals surface area (Å²) in [7, 11) is 0. The van der Waals surface area contributed by atoms with Gasteiger partial charge in [0.2, 0.25) is 0 Å². The Kier molecular flexibility index (Phi) is 4.65. The highest BCUT2D eigenvalue weighted by atomic mass is 19.1. The molecule has 0 heterocycles. The zero-order valence-electron chi connectivity index (χ0n) is 10.7. The molecule has 0 saturated heterocycles. The van der Waals surface area contributed by atoms with Gasteiger partial charge in [-0.25, -0.2) is 13.6 Å². The molecule has 2 aromatic rings. The van der Waals surface area contributed by atoms with Crippen molar-refractivity contribution in [2.24, 2.45) is 0 Å². The molecule has 2 N–H and O–H groups in total. The molecule has 3 nitrogen and oxygen atoms in total. The van der Waals surface area contributed by atoms with Gasteiger partial charge in [0.25, 0.3) is 0 Å². The van der Waals surface area contributed by atoms with Crippen LogP contribution in [0.15, 0.2) is 48.5 Å². The number of carbonyl (C=O) groups excluding carboxylic acids is 1. The maximum Gasteiger partial charge on any atom is 0.319 e. The number of hydrogen-bond acceptors (Lipinski definition) is 1. The van der Waals surface area contributed by atoms with Crippen molar-refractivity contribution in [1.29, 1.82) is 0 Å². The van der Waals surface area contributed by atoms with Crippen molar-refractivity contribution in [1.82, 2.24) is 5.32 Å². The topological polar surface area (TPSA) is 41.1 Å². The van der Waals surface area contributed by atoms with Crippen molar-refractivity contribution >= 4 is 11.7 Å². The highest BCUT2D eigenvalue weighted by molar-refractivity contribution is 5.89. The van der Waals surface area contributed by atoms with E-state index < -0.39 is 11.8 Å². The van der Waals surface area contributed by atoms with Crippen LogP contribution in [0.4, 0.5) is 19.3 Å². The van der Waals surface area contributed by atoms with Gasteiger partial charge in [-0.2, -0.15) is 0 Å². The van der Waals surface area contributed by atoms with Gasteiger partial charge in [0.15, 0.2) is 0 Å². The third-order valence-corrected chi connectivity index (χ3v) is 2.72. The zero-order chi connectivity index (χ0) is 14.4. The summed E-state index contributed by atoms with van der Waals surface area (Å²) in [5.74, 6) is -0.714. The number of urea groups is 1. The van der Waals surface area contributed by atoms with E-state index in [9.17, 15) is 13.6 Å². The molecule has 20 heavy (non-hydrogen) atoms. The average Bonchev–Trinajstić information content (AvgIpc) is 2.41. The minimum absolute atomic E-state index is 0.292. The van der Waals surface area contributed by atoms with Crippen LogP contribution in [0.5, 0.6) is 0 Å². The third-order valence-electron chi connectivity index (χ3n) is 2.72. The van der Waals surface area contributed by atoms with Crippen LogP contribution in [0.2, 0.25) is 0 Å². The Morgan fingerprint density at radius 3 is 2.60 bits per heavy atom. The lowest BCUT2D eigenvalue weighted by molar-refractivity contribution is 0.252. The van der Waals surface area contributed by atoms with Crippen LogP contribution >= 0.6 is 0 Å². The summed E-state index contributed by atoms with van der Waals surface area (Å²) in [6, 6.07) is 11.5. The Bertz CT molecular complexity index is 602. The normalized spacial score (nSPS) is 10.1. The Balaban J connectivity index is 1.80. The lowest BCUT2D eigenvalue weighted by Gasteiger charge is -2.08. The molecule has 2 aromatic carbocycles. The minimum Gasteiger partial charge on any atom is -0.338 e. The van der Waals surface area contributed by atoms with Crippen LogP contribution in [0.1, 0.15) is 5.56 Å². The van der Waals surface area contributed by atoms with E-state index in [2.05, 4.69) is 10.6 Å². The second kappa shape index (κ2) is 6.65. The molecule has 2 rings (SSSR count). The second-order valence-corrected chi connectivity index (χ2v) is 4.23. The van der Waals surface area contributed by atoms with Crippen molar-refractivity contribution in [3.05, 3.63) is 65.7 Å². The Morgan fingerprint density at radius 1 is 1.05 bits per heavy atom. The fourth-order valence-corrected chi connectivity index (χ4v) is 1.75. The number of hydrogen-bond donors (Lipinski definition) is 2. The lowest BCUT2D eigenvalue weighted by Crippen LogP contribution is -2.30. The summed E-state index contributed by atoms with van der Waals surface area (Å²) in [6.45, 7) is 0.294. The smallest absolute Gasteiger partial charge is 0.319 e. The molecule has 0 aliphatic heterocycles. The summed E-state index contributed by atoms with van der Waals surface area (Å²) in [6.07, 6.45) is 0.392. The minimum atomic E-state index is -0.452. The van der Waals surface area contributed by atoms with Crippen LogP contribution in [0.3, 0.4) is 0 Å². The monoisotopic (exact) mass is 276 g/mol. The van der Waals surface area contributed by atoms with E-state index in [1.54, 1.807) is 24.3 Å². The zero-order valence-corrected chi connectivity index (χ0v) is 10.7. The van der Waals surface area contributed by atoms with Crippen LogP contribution < -0.4 is 10.6 Å². The highest BCUT2D eigenvalue weighted by Gasteiger charge is 2.04. The van der Waals surface area contributed by atoms with Crippen molar-refractivity contribution in [3.63, 3.8) is 0 Å². The first-order chi connectivity index (χ1) is 9.65. The van der Waals surface area contributed by atoms with Gasteiger partial charge in [-0.05, 0) is 36.2 Å². The van der Waals surface area contributed by atoms with E-state index >= 15 is 0 Å². The van der Waals surface area contributed by atoms with Gasteiger partial charge < -0.3 is 10.6 Å². The summed E-state index contributed by atoms with van der Waals surface area (Å²) in [4.78, 5) is 11.6. The lowest BCUT2D eigenvalue weighted by atomic mass is 10.1. The van der Waals surface area contributed by atoms with Gasteiger partial charge in [0.05, 0.1) is 0 Å². The van der Waals surface area contributed by atoms with E-state index in [1.807, 2.05) is 0 Å². The largest absolute Gasteiger partial charge is 0.338 e. The number of rotatable bonds is 4. The molecular formula is C15H14F2N2O. The molecule has 2 amide bonds. The predicted molar refractivity (Wildman–Crippen MR) is 73.5 cm³/mol. The number of amides is 2. The first-order valence-electron chi connectivity index (χ1n) is 6.19. The van der Waals surface area contributed by atoms with Gasteiger partial charge in [0, 0.05) is 12.2 Å². The summed E-state index contributed by atoms with van der Waals surface area (Å²) < 4.78 is 26.3. The fraction of sp³-hybridized carbons (Fsp3) is 0.133. The average molecular weight is 276 g/mol. The quantitative estimate of drug-likeness (QED) is 0.883. The Morgan fingerprint density at radius 2 is 1.85 bits per heavy atom. The van der Waals surface area contributed by atoms with Gasteiger partial charge >= 0.3 is 6.03 Å². The molecular weight excluding hydrogens is 262 g/mol. The molecule has 0 saturated carbocycles. The maximum atomic E-state index is 13.3. The summed E-state index contributed by atoms with van der Waals surface area (Å²) in [5, 5.41) is 5.09. The maximum absolute atomic E-state index is 13.3. The van der Waals surface area contributed by atoms with Gasteiger partial charge in [0.1, 0.15) is 11.6 Å².